The van der Waals surface area contributed by atoms with Crippen molar-refractivity contribution in [2.24, 2.45) is 4.99 Å². The Balaban J connectivity index is 0.00000180. The number of aliphatic imine (C=N–C) groups is 1. The van der Waals surface area contributed by atoms with Gasteiger partial charge in [-0.15, -0.1) is 0 Å². The summed E-state index contributed by atoms with van der Waals surface area (Å²) in [6, 6.07) is 16.4. The van der Waals surface area contributed by atoms with Crippen LogP contribution in [0.1, 0.15) is 5.56 Å². The molecule has 4 nitrogen and oxygen atoms in total. The fraction of sp³-hybridized carbons (Fsp3) is 0.200. The van der Waals surface area contributed by atoms with Gasteiger partial charge in [-0.1, -0.05) is 36.4 Å². The summed E-state index contributed by atoms with van der Waals surface area (Å²) in [6.45, 7) is 0.835. The molecule has 1 aromatic carbocycles. The molecule has 20 heavy (non-hydrogen) atoms. The molecule has 108 valence electrons. The second-order valence-corrected chi connectivity index (χ2v) is 4.38. The summed E-state index contributed by atoms with van der Waals surface area (Å²) in [4.78, 5) is 6.40. The lowest BCUT2D eigenvalue weighted by atomic mass is 10.2. The third-order valence-corrected chi connectivity index (χ3v) is 2.53. The van der Waals surface area contributed by atoms with Crippen molar-refractivity contribution in [2.45, 2.75) is 6.54 Å². The Morgan fingerprint density at radius 2 is 1.70 bits per heavy atom. The Bertz CT molecular complexity index is 530. The molecule has 1 heterocycles. The molecule has 0 aliphatic carbocycles. The maximum atomic E-state index is 4.47. The zero-order chi connectivity index (χ0) is 12.8. The van der Waals surface area contributed by atoms with E-state index in [1.54, 1.807) is 0 Å². The van der Waals surface area contributed by atoms with Gasteiger partial charge in [0.1, 0.15) is 6.54 Å². The molecule has 5 heteroatoms. The van der Waals surface area contributed by atoms with Crippen molar-refractivity contribution in [1.29, 1.82) is 0 Å². The van der Waals surface area contributed by atoms with Crippen LogP contribution in [0.15, 0.2) is 59.7 Å². The van der Waals surface area contributed by atoms with Crippen LogP contribution in [0.2, 0.25) is 0 Å². The monoisotopic (exact) mass is 337 g/mol. The van der Waals surface area contributed by atoms with E-state index in [0.29, 0.717) is 0 Å². The van der Waals surface area contributed by atoms with Gasteiger partial charge in [0, 0.05) is 20.2 Å². The van der Waals surface area contributed by atoms with Crippen LogP contribution in [0.4, 0.5) is 5.82 Å². The molecule has 2 rings (SSSR count). The molecule has 2 N–H and O–H groups in total. The molecule has 0 saturated carbocycles. The lowest BCUT2D eigenvalue weighted by molar-refractivity contribution is -0.675. The van der Waals surface area contributed by atoms with Crippen molar-refractivity contribution < 1.29 is 27.0 Å². The number of halogens is 1. The average molecular weight is 338 g/mol. The second-order valence-electron chi connectivity index (χ2n) is 4.38. The number of benzene rings is 1. The third kappa shape index (κ3) is 5.50. The van der Waals surface area contributed by atoms with Gasteiger partial charge in [0.25, 0.3) is 0 Å². The van der Waals surface area contributed by atoms with E-state index in [1.807, 2.05) is 49.6 Å². The van der Waals surface area contributed by atoms with Gasteiger partial charge < -0.3 is 27.4 Å². The molecular weight excluding hydrogens is 318 g/mol. The van der Waals surface area contributed by atoms with Crippen LogP contribution in [0.5, 0.6) is 0 Å². The zero-order valence-electron chi connectivity index (χ0n) is 11.7. The van der Waals surface area contributed by atoms with Gasteiger partial charge in [-0.05, 0) is 16.6 Å². The fourth-order valence-electron chi connectivity index (χ4n) is 1.67. The van der Waals surface area contributed by atoms with E-state index < -0.39 is 0 Å². The van der Waals surface area contributed by atoms with E-state index in [4.69, 9.17) is 0 Å². The largest absolute Gasteiger partial charge is 1.00 e. The number of rotatable bonds is 4. The number of pyridine rings is 1. The summed E-state index contributed by atoms with van der Waals surface area (Å²) in [5, 5.41) is 0. The predicted molar refractivity (Wildman–Crippen MR) is 77.6 cm³/mol. The first-order valence-electron chi connectivity index (χ1n) is 5.99. The van der Waals surface area contributed by atoms with Crippen LogP contribution >= 0.6 is 0 Å². The van der Waals surface area contributed by atoms with Crippen molar-refractivity contribution in [3.05, 3.63) is 60.3 Å². The highest BCUT2D eigenvalue weighted by atomic mass is 79.9. The fourth-order valence-corrected chi connectivity index (χ4v) is 1.67. The van der Waals surface area contributed by atoms with Crippen LogP contribution in [0, 0.1) is 0 Å². The van der Waals surface area contributed by atoms with Crippen molar-refractivity contribution in [3.8, 4) is 0 Å². The Kier molecular flexibility index (Phi) is 8.43. The molecule has 1 aromatic heterocycles. The summed E-state index contributed by atoms with van der Waals surface area (Å²) in [5.74, 6) is 0.954. The summed E-state index contributed by atoms with van der Waals surface area (Å²) in [6.07, 6.45) is 3.87. The molecule has 0 amide bonds. The van der Waals surface area contributed by atoms with Crippen LogP contribution in [-0.2, 0) is 6.54 Å². The first-order chi connectivity index (χ1) is 8.75. The Hall–Kier alpha value is -1.72. The molecule has 0 saturated heterocycles. The normalized spacial score (nSPS) is 9.70. The molecule has 0 bridgehead atoms. The zero-order valence-corrected chi connectivity index (χ0v) is 13.3. The molecular formula is C15H20BrN3O. The number of hydrogen-bond donors (Lipinski definition) is 0. The summed E-state index contributed by atoms with van der Waals surface area (Å²) in [7, 11) is 3.93. The lowest BCUT2D eigenvalue weighted by Gasteiger charge is -2.03. The number of hydrogen-bond acceptors (Lipinski definition) is 1. The summed E-state index contributed by atoms with van der Waals surface area (Å²) >= 11 is 0. The molecule has 0 atom stereocenters. The highest BCUT2D eigenvalue weighted by Crippen LogP contribution is 2.05. The van der Waals surface area contributed by atoms with Crippen LogP contribution in [0.3, 0.4) is 0 Å². The number of nitrogens with zero attached hydrogens (tertiary/aromatic N) is 3. The van der Waals surface area contributed by atoms with Crippen molar-refractivity contribution in [3.63, 3.8) is 0 Å². The molecule has 0 aliphatic heterocycles. The smallest absolute Gasteiger partial charge is 0.325 e. The van der Waals surface area contributed by atoms with E-state index in [1.165, 1.54) is 5.56 Å². The Morgan fingerprint density at radius 3 is 2.35 bits per heavy atom. The topological polar surface area (TPSA) is 51.0 Å². The first kappa shape index (κ1) is 18.3. The minimum atomic E-state index is 0. The van der Waals surface area contributed by atoms with Crippen molar-refractivity contribution in [1.82, 2.24) is 4.90 Å². The van der Waals surface area contributed by atoms with E-state index in [9.17, 15) is 0 Å². The highest BCUT2D eigenvalue weighted by molar-refractivity contribution is 5.57. The summed E-state index contributed by atoms with van der Waals surface area (Å²) in [5.41, 5.74) is 1.27. The van der Waals surface area contributed by atoms with Crippen LogP contribution in [0.25, 0.3) is 0 Å². The van der Waals surface area contributed by atoms with Gasteiger partial charge >= 0.3 is 5.82 Å². The summed E-state index contributed by atoms with van der Waals surface area (Å²) < 4.78 is 2.13. The second kappa shape index (κ2) is 9.23. The van der Waals surface area contributed by atoms with Gasteiger partial charge in [0.05, 0.1) is 6.20 Å². The molecule has 0 aliphatic rings. The number of aromatic nitrogens is 1. The van der Waals surface area contributed by atoms with Crippen molar-refractivity contribution >= 4 is 12.2 Å². The quantitative estimate of drug-likeness (QED) is 0.377. The van der Waals surface area contributed by atoms with Gasteiger partial charge in [0.15, 0.2) is 0 Å². The van der Waals surface area contributed by atoms with Gasteiger partial charge in [0.2, 0.25) is 6.34 Å². The van der Waals surface area contributed by atoms with Crippen molar-refractivity contribution in [2.75, 3.05) is 14.1 Å². The Morgan fingerprint density at radius 1 is 1.05 bits per heavy atom. The maximum Gasteiger partial charge on any atom is 0.325 e. The minimum absolute atomic E-state index is 0. The molecule has 0 radical (unpaired) electrons. The van der Waals surface area contributed by atoms with Crippen LogP contribution < -0.4 is 21.5 Å². The van der Waals surface area contributed by atoms with E-state index in [-0.39, 0.29) is 22.5 Å². The standard InChI is InChI=1S/C15H18N3.BrH.H2O/c1-17(2)13-16-15-10-6-7-11-18(15)12-14-8-4-3-5-9-14;;/h3-11,13H,12H2,1-2H3;1H;1H2/q+1;;/p-1. The molecule has 0 fully saturated rings. The minimum Gasteiger partial charge on any atom is -1.00 e. The molecule has 2 aromatic rings. The molecule has 0 spiro atoms. The lowest BCUT2D eigenvalue weighted by Crippen LogP contribution is -3.00. The molecule has 0 unspecified atom stereocenters. The highest BCUT2D eigenvalue weighted by Gasteiger charge is 2.07. The van der Waals surface area contributed by atoms with Gasteiger partial charge in [-0.2, -0.15) is 0 Å². The predicted octanol–water partition coefficient (Wildman–Crippen LogP) is -1.58. The van der Waals surface area contributed by atoms with Crippen LogP contribution in [-0.4, -0.2) is 30.8 Å². The average Bonchev–Trinajstić information content (AvgIpc) is 2.39. The van der Waals surface area contributed by atoms with Gasteiger partial charge in [-0.25, -0.2) is 4.57 Å². The third-order valence-electron chi connectivity index (χ3n) is 2.53. The van der Waals surface area contributed by atoms with Gasteiger partial charge in [-0.3, -0.25) is 0 Å². The maximum absolute atomic E-state index is 4.47. The van der Waals surface area contributed by atoms with E-state index >= 15 is 0 Å². The Labute approximate surface area is 130 Å². The van der Waals surface area contributed by atoms with E-state index in [2.05, 4.69) is 40.0 Å². The van der Waals surface area contributed by atoms with E-state index in [0.717, 1.165) is 12.4 Å². The first-order valence-corrected chi connectivity index (χ1v) is 5.99. The SMILES string of the molecule is CN(C)/C=N/c1cccc[n+]1Cc1ccccc1.O.[Br-].